The molecule has 0 aliphatic heterocycles. The van der Waals surface area contributed by atoms with Gasteiger partial charge in [-0.3, -0.25) is 0 Å². The predicted molar refractivity (Wildman–Crippen MR) is 161 cm³/mol. The predicted octanol–water partition coefficient (Wildman–Crippen LogP) is 9.55. The van der Waals surface area contributed by atoms with Crippen molar-refractivity contribution in [1.82, 2.24) is 9.13 Å². The smallest absolute Gasteiger partial charge is 0.0645 e. The van der Waals surface area contributed by atoms with Gasteiger partial charge in [-0.1, -0.05) is 84.8 Å². The molecule has 2 heterocycles. The van der Waals surface area contributed by atoms with E-state index < -0.39 is 66.1 Å². The Labute approximate surface area is 237 Å². The van der Waals surface area contributed by atoms with Gasteiger partial charge < -0.3 is 9.13 Å². The second-order valence-corrected chi connectivity index (χ2v) is 8.93. The van der Waals surface area contributed by atoms with Crippen molar-refractivity contribution in [2.75, 3.05) is 0 Å². The lowest BCUT2D eigenvalue weighted by molar-refractivity contribution is 1.18. The lowest BCUT2D eigenvalue weighted by atomic mass is 10.0. The molecule has 0 amide bonds. The van der Waals surface area contributed by atoms with E-state index in [1.807, 2.05) is 66.7 Å². The highest BCUT2D eigenvalue weighted by atomic mass is 15.0. The van der Waals surface area contributed by atoms with Crippen LogP contribution < -0.4 is 0 Å². The molecule has 178 valence electrons. The lowest BCUT2D eigenvalue weighted by Gasteiger charge is -2.09. The largest absolute Gasteiger partial charge is 0.309 e. The Morgan fingerprint density at radius 1 is 0.421 bits per heavy atom. The Morgan fingerprint density at radius 2 is 1.13 bits per heavy atom. The fourth-order valence-corrected chi connectivity index (χ4v) is 5.22. The van der Waals surface area contributed by atoms with Gasteiger partial charge in [0.05, 0.1) is 38.5 Å². The number of fused-ring (bicyclic) bond motifs is 6. The highest BCUT2D eigenvalue weighted by Gasteiger charge is 2.15. The van der Waals surface area contributed by atoms with Crippen LogP contribution in [-0.4, -0.2) is 9.13 Å². The van der Waals surface area contributed by atoms with Crippen LogP contribution in [0.25, 0.3) is 66.1 Å². The van der Waals surface area contributed by atoms with E-state index in [0.717, 1.165) is 32.1 Å². The molecule has 0 unspecified atom stereocenters. The van der Waals surface area contributed by atoms with Crippen molar-refractivity contribution in [3.05, 3.63) is 145 Å². The van der Waals surface area contributed by atoms with Crippen LogP contribution in [0, 0.1) is 0 Å². The van der Waals surface area contributed by atoms with Gasteiger partial charge in [-0.25, -0.2) is 0 Å². The molecule has 0 fully saturated rings. The summed E-state index contributed by atoms with van der Waals surface area (Å²) in [5.74, 6) is 0. The molecule has 0 saturated carbocycles. The number of hydrogen-bond donors (Lipinski definition) is 0. The molecule has 8 rings (SSSR count). The normalized spacial score (nSPS) is 16.1. The van der Waals surface area contributed by atoms with Crippen LogP contribution >= 0.6 is 0 Å². The standard InChI is InChI=1S/C36H24N2/c1-3-11-27(12-4-1)37-33-17-9-7-15-29(33)31-23-25(19-21-35(31)37)26-20-22-36-32(24-26)30-16-8-10-18-34(30)38(36)28-13-5-2-6-14-28/h1-24H/i1D,3D,4D,7D,9D,11D,12D,15D,17D,19D,21D,23D. The summed E-state index contributed by atoms with van der Waals surface area (Å²) >= 11 is 0. The molecule has 0 N–H and O–H groups in total. The van der Waals surface area contributed by atoms with E-state index in [2.05, 4.69) is 4.57 Å². The third-order valence-corrected chi connectivity index (χ3v) is 6.84. The number of rotatable bonds is 3. The number of benzene rings is 6. The minimum Gasteiger partial charge on any atom is -0.309 e. The zero-order chi connectivity index (χ0) is 35.5. The molecule has 0 aliphatic rings. The summed E-state index contributed by atoms with van der Waals surface area (Å²) in [5.41, 5.74) is 2.30. The maximum absolute atomic E-state index is 9.53. The van der Waals surface area contributed by atoms with Gasteiger partial charge in [-0.05, 0) is 71.7 Å². The van der Waals surface area contributed by atoms with Crippen LogP contribution in [0.3, 0.4) is 0 Å². The third-order valence-electron chi connectivity index (χ3n) is 6.84. The molecular formula is C36H24N2. The maximum atomic E-state index is 9.53. The topological polar surface area (TPSA) is 9.86 Å². The monoisotopic (exact) mass is 496 g/mol. The van der Waals surface area contributed by atoms with E-state index in [4.69, 9.17) is 12.3 Å². The van der Waals surface area contributed by atoms with Crippen LogP contribution in [0.1, 0.15) is 16.4 Å². The molecule has 0 spiro atoms. The van der Waals surface area contributed by atoms with Crippen LogP contribution in [-0.2, 0) is 0 Å². The van der Waals surface area contributed by atoms with E-state index in [0.29, 0.717) is 5.56 Å². The van der Waals surface area contributed by atoms with Crippen LogP contribution in [0.15, 0.2) is 145 Å². The van der Waals surface area contributed by atoms with E-state index in [1.54, 1.807) is 6.07 Å². The Balaban J connectivity index is 1.53. The Morgan fingerprint density at radius 3 is 2.03 bits per heavy atom. The molecule has 0 aliphatic carbocycles. The summed E-state index contributed by atoms with van der Waals surface area (Å²) in [6, 6.07) is 16.3. The first-order valence-electron chi connectivity index (χ1n) is 18.1. The van der Waals surface area contributed by atoms with Gasteiger partial charge in [-0.15, -0.1) is 0 Å². The average Bonchev–Trinajstić information content (AvgIpc) is 3.65. The second kappa shape index (κ2) is 8.22. The highest BCUT2D eigenvalue weighted by Crippen LogP contribution is 2.38. The molecule has 0 saturated heterocycles. The quantitative estimate of drug-likeness (QED) is 0.230. The van der Waals surface area contributed by atoms with Gasteiger partial charge in [0.25, 0.3) is 0 Å². The van der Waals surface area contributed by atoms with Crippen molar-refractivity contribution in [2.45, 2.75) is 0 Å². The Hall–Kier alpha value is -5.08. The van der Waals surface area contributed by atoms with E-state index in [-0.39, 0.29) is 39.5 Å². The highest BCUT2D eigenvalue weighted by molar-refractivity contribution is 6.12. The van der Waals surface area contributed by atoms with Gasteiger partial charge >= 0.3 is 0 Å². The van der Waals surface area contributed by atoms with Crippen molar-refractivity contribution in [3.8, 4) is 22.5 Å². The zero-order valence-corrected chi connectivity index (χ0v) is 19.8. The van der Waals surface area contributed by atoms with Crippen LogP contribution in [0.4, 0.5) is 0 Å². The number of hydrogen-bond acceptors (Lipinski definition) is 0. The first kappa shape index (κ1) is 12.4. The molecule has 0 bridgehead atoms. The second-order valence-electron chi connectivity index (χ2n) is 8.93. The van der Waals surface area contributed by atoms with Crippen molar-refractivity contribution in [3.63, 3.8) is 0 Å². The maximum Gasteiger partial charge on any atom is 0.0645 e. The van der Waals surface area contributed by atoms with E-state index in [9.17, 15) is 4.11 Å². The summed E-state index contributed by atoms with van der Waals surface area (Å²) in [7, 11) is 0. The van der Waals surface area contributed by atoms with Gasteiger partial charge in [0.2, 0.25) is 0 Å². The molecule has 2 aromatic heterocycles. The van der Waals surface area contributed by atoms with Gasteiger partial charge in [0.1, 0.15) is 0 Å². The lowest BCUT2D eigenvalue weighted by Crippen LogP contribution is -1.93. The van der Waals surface area contributed by atoms with Crippen molar-refractivity contribution in [2.24, 2.45) is 0 Å². The fraction of sp³-hybridized carbons (Fsp3) is 0. The number of aromatic nitrogens is 2. The molecule has 2 heteroatoms. The summed E-state index contributed by atoms with van der Waals surface area (Å²) in [6.07, 6.45) is 0. The molecule has 6 aromatic carbocycles. The third kappa shape index (κ3) is 3.07. The summed E-state index contributed by atoms with van der Waals surface area (Å²) < 4.78 is 108. The Bertz CT molecular complexity index is 2760. The first-order valence-corrected chi connectivity index (χ1v) is 12.1. The summed E-state index contributed by atoms with van der Waals surface area (Å²) in [6.45, 7) is 0. The fourth-order valence-electron chi connectivity index (χ4n) is 5.22. The van der Waals surface area contributed by atoms with Crippen molar-refractivity contribution in [1.29, 1.82) is 0 Å². The molecule has 0 radical (unpaired) electrons. The SMILES string of the molecule is [2H]c1c([2H])c([2H])c(-n2c3c([2H])c([2H])c([2H])c([2H])c3c3c([2H])c(-c4ccc5c(c4)c4ccccc4n5-c4ccccc4)c([2H])c([2H])c32)c([2H])c1[2H]. The van der Waals surface area contributed by atoms with Crippen molar-refractivity contribution < 1.29 is 16.4 Å². The Kier molecular flexibility index (Phi) is 2.69. The van der Waals surface area contributed by atoms with Crippen molar-refractivity contribution >= 4 is 43.6 Å². The number of nitrogens with zero attached hydrogens (tertiary/aromatic N) is 2. The average molecular weight is 497 g/mol. The molecule has 8 aromatic rings. The van der Waals surface area contributed by atoms with E-state index in [1.165, 1.54) is 0 Å². The molecule has 2 nitrogen and oxygen atoms in total. The van der Waals surface area contributed by atoms with Crippen LogP contribution in [0.5, 0.6) is 0 Å². The van der Waals surface area contributed by atoms with Gasteiger partial charge in [0, 0.05) is 32.9 Å². The summed E-state index contributed by atoms with van der Waals surface area (Å²) in [5, 5.41) is 1.50. The van der Waals surface area contributed by atoms with Gasteiger partial charge in [-0.2, -0.15) is 0 Å². The minimum absolute atomic E-state index is 0.0495. The van der Waals surface area contributed by atoms with Gasteiger partial charge in [0.15, 0.2) is 0 Å². The zero-order valence-electron chi connectivity index (χ0n) is 31.8. The molecular weight excluding hydrogens is 460 g/mol. The summed E-state index contributed by atoms with van der Waals surface area (Å²) in [4.78, 5) is 0. The van der Waals surface area contributed by atoms with E-state index >= 15 is 0 Å². The number of para-hydroxylation sites is 4. The molecule has 0 atom stereocenters. The first-order chi connectivity index (χ1) is 23.9. The van der Waals surface area contributed by atoms with Crippen LogP contribution in [0.2, 0.25) is 0 Å². The minimum atomic E-state index is -0.680. The molecule has 38 heavy (non-hydrogen) atoms.